The maximum absolute atomic E-state index is 12.4. The van der Waals surface area contributed by atoms with E-state index < -0.39 is 0 Å². The molecule has 154 valence electrons. The van der Waals surface area contributed by atoms with Crippen molar-refractivity contribution >= 4 is 52.3 Å². The van der Waals surface area contributed by atoms with Crippen LogP contribution >= 0.6 is 34.8 Å². The van der Waals surface area contributed by atoms with Crippen molar-refractivity contribution < 1.29 is 14.3 Å². The van der Waals surface area contributed by atoms with Crippen LogP contribution < -0.4 is 5.32 Å². The molecule has 3 rings (SSSR count). The highest BCUT2D eigenvalue weighted by atomic mass is 35.5. The number of carbonyl (C=O) groups is 2. The number of amides is 2. The van der Waals surface area contributed by atoms with E-state index in [1.165, 1.54) is 12.1 Å². The molecule has 1 N–H and O–H groups in total. The minimum Gasteiger partial charge on any atom is -0.379 e. The molecule has 1 aromatic rings. The van der Waals surface area contributed by atoms with Gasteiger partial charge in [-0.2, -0.15) is 0 Å². The highest BCUT2D eigenvalue weighted by molar-refractivity contribution is 6.44. The second-order valence-corrected chi connectivity index (χ2v) is 8.06. The van der Waals surface area contributed by atoms with Gasteiger partial charge in [0.2, 0.25) is 11.8 Å². The van der Waals surface area contributed by atoms with Crippen molar-refractivity contribution in [3.63, 3.8) is 0 Å². The van der Waals surface area contributed by atoms with Gasteiger partial charge < -0.3 is 15.0 Å². The quantitative estimate of drug-likeness (QED) is 0.697. The van der Waals surface area contributed by atoms with Gasteiger partial charge in [-0.15, -0.1) is 0 Å². The van der Waals surface area contributed by atoms with Gasteiger partial charge in [-0.05, 0) is 12.1 Å². The van der Waals surface area contributed by atoms with Crippen molar-refractivity contribution in [2.45, 2.75) is 0 Å². The molecule has 28 heavy (non-hydrogen) atoms. The first-order valence-electron chi connectivity index (χ1n) is 9.17. The fourth-order valence-corrected chi connectivity index (χ4v) is 3.81. The molecular formula is C18H23Cl3N4O3. The molecule has 2 fully saturated rings. The monoisotopic (exact) mass is 448 g/mol. The van der Waals surface area contributed by atoms with Crippen molar-refractivity contribution in [1.29, 1.82) is 0 Å². The molecule has 2 heterocycles. The van der Waals surface area contributed by atoms with Crippen LogP contribution in [0, 0.1) is 0 Å². The lowest BCUT2D eigenvalue weighted by Crippen LogP contribution is -2.53. The van der Waals surface area contributed by atoms with E-state index in [1.807, 2.05) is 9.80 Å². The number of anilines is 1. The number of ether oxygens (including phenoxy) is 1. The lowest BCUT2D eigenvalue weighted by atomic mass is 10.2. The normalized spacial score (nSPS) is 18.9. The molecule has 0 radical (unpaired) electrons. The van der Waals surface area contributed by atoms with Crippen molar-refractivity contribution in [3.05, 3.63) is 27.2 Å². The maximum Gasteiger partial charge on any atom is 0.238 e. The van der Waals surface area contributed by atoms with Crippen LogP contribution in [0.15, 0.2) is 12.1 Å². The van der Waals surface area contributed by atoms with E-state index in [0.29, 0.717) is 66.7 Å². The summed E-state index contributed by atoms with van der Waals surface area (Å²) < 4.78 is 5.31. The Morgan fingerprint density at radius 2 is 1.46 bits per heavy atom. The molecule has 10 heteroatoms. The first-order valence-corrected chi connectivity index (χ1v) is 10.3. The molecule has 2 aliphatic heterocycles. The third-order valence-electron chi connectivity index (χ3n) is 4.84. The summed E-state index contributed by atoms with van der Waals surface area (Å²) in [5, 5.41) is 3.76. The van der Waals surface area contributed by atoms with Crippen molar-refractivity contribution in [2.75, 3.05) is 70.9 Å². The van der Waals surface area contributed by atoms with Gasteiger partial charge in [0.15, 0.2) is 0 Å². The Hall–Kier alpha value is -1.09. The van der Waals surface area contributed by atoms with Crippen LogP contribution in [-0.2, 0) is 14.3 Å². The van der Waals surface area contributed by atoms with Gasteiger partial charge in [-0.3, -0.25) is 19.4 Å². The Bertz CT molecular complexity index is 720. The Balaban J connectivity index is 1.43. The van der Waals surface area contributed by atoms with Gasteiger partial charge in [0.1, 0.15) is 0 Å². The standard InChI is InChI=1S/C18H23Cl3N4O3/c19-13-9-15(21)16(10-14(13)20)22-17(26)11-23-1-3-25(4-2-23)18(27)12-24-5-7-28-8-6-24/h9-10H,1-8,11-12H2,(H,22,26). The van der Waals surface area contributed by atoms with Crippen LogP contribution in [0.4, 0.5) is 5.69 Å². The molecule has 0 bridgehead atoms. The lowest BCUT2D eigenvalue weighted by Gasteiger charge is -2.36. The van der Waals surface area contributed by atoms with Gasteiger partial charge in [-0.25, -0.2) is 0 Å². The fraction of sp³-hybridized carbons (Fsp3) is 0.556. The number of piperazine rings is 1. The summed E-state index contributed by atoms with van der Waals surface area (Å²) in [6.45, 7) is 6.13. The average Bonchev–Trinajstić information content (AvgIpc) is 2.67. The Morgan fingerprint density at radius 3 is 2.14 bits per heavy atom. The van der Waals surface area contributed by atoms with Gasteiger partial charge in [0.25, 0.3) is 0 Å². The summed E-state index contributed by atoms with van der Waals surface area (Å²) in [6.07, 6.45) is 0. The molecule has 0 aliphatic carbocycles. The zero-order chi connectivity index (χ0) is 20.1. The second-order valence-electron chi connectivity index (χ2n) is 6.84. The number of rotatable bonds is 5. The molecule has 7 nitrogen and oxygen atoms in total. The predicted octanol–water partition coefficient (Wildman–Crippen LogP) is 2.06. The molecule has 0 saturated carbocycles. The van der Waals surface area contributed by atoms with Crippen LogP contribution in [-0.4, -0.2) is 92.1 Å². The summed E-state index contributed by atoms with van der Waals surface area (Å²) in [4.78, 5) is 30.8. The Morgan fingerprint density at radius 1 is 0.857 bits per heavy atom. The number of halogens is 3. The van der Waals surface area contributed by atoms with Crippen molar-refractivity contribution in [3.8, 4) is 0 Å². The molecule has 0 spiro atoms. The molecule has 2 aliphatic rings. The van der Waals surface area contributed by atoms with E-state index in [9.17, 15) is 9.59 Å². The molecular weight excluding hydrogens is 427 g/mol. The lowest BCUT2D eigenvalue weighted by molar-refractivity contribution is -0.135. The van der Waals surface area contributed by atoms with Crippen LogP contribution in [0.5, 0.6) is 0 Å². The predicted molar refractivity (Wildman–Crippen MR) is 110 cm³/mol. The third kappa shape index (κ3) is 5.95. The number of nitrogens with zero attached hydrogens (tertiary/aromatic N) is 3. The topological polar surface area (TPSA) is 65.1 Å². The fourth-order valence-electron chi connectivity index (χ4n) is 3.22. The Kier molecular flexibility index (Phi) is 7.79. The molecule has 1 aromatic carbocycles. The van der Waals surface area contributed by atoms with Crippen molar-refractivity contribution in [2.24, 2.45) is 0 Å². The van der Waals surface area contributed by atoms with Crippen LogP contribution in [0.1, 0.15) is 0 Å². The highest BCUT2D eigenvalue weighted by Gasteiger charge is 2.24. The van der Waals surface area contributed by atoms with Gasteiger partial charge in [0.05, 0.1) is 47.1 Å². The maximum atomic E-state index is 12.4. The van der Waals surface area contributed by atoms with Crippen molar-refractivity contribution in [1.82, 2.24) is 14.7 Å². The van der Waals surface area contributed by atoms with E-state index in [1.54, 1.807) is 0 Å². The Labute approximate surface area is 179 Å². The van der Waals surface area contributed by atoms with Gasteiger partial charge in [0, 0.05) is 39.3 Å². The SMILES string of the molecule is O=C(CN1CCN(C(=O)CN2CCOCC2)CC1)Nc1cc(Cl)c(Cl)cc1Cl. The highest BCUT2D eigenvalue weighted by Crippen LogP contribution is 2.32. The third-order valence-corrected chi connectivity index (χ3v) is 5.87. The van der Waals surface area contributed by atoms with E-state index in [0.717, 1.165) is 13.1 Å². The number of hydrogen-bond donors (Lipinski definition) is 1. The average molecular weight is 450 g/mol. The summed E-state index contributed by atoms with van der Waals surface area (Å²) in [6, 6.07) is 3.03. The van der Waals surface area contributed by atoms with Crippen LogP contribution in [0.3, 0.4) is 0 Å². The number of carbonyl (C=O) groups excluding carboxylic acids is 2. The van der Waals surface area contributed by atoms with Gasteiger partial charge >= 0.3 is 0 Å². The first-order chi connectivity index (χ1) is 13.4. The summed E-state index contributed by atoms with van der Waals surface area (Å²) in [5.41, 5.74) is 0.431. The molecule has 0 aromatic heterocycles. The first kappa shape index (κ1) is 21.6. The number of nitrogens with one attached hydrogen (secondary N) is 1. The molecule has 2 amide bonds. The molecule has 0 atom stereocenters. The van der Waals surface area contributed by atoms with Crippen LogP contribution in [0.25, 0.3) is 0 Å². The van der Waals surface area contributed by atoms with E-state index in [-0.39, 0.29) is 18.4 Å². The second kappa shape index (κ2) is 10.1. The van der Waals surface area contributed by atoms with E-state index >= 15 is 0 Å². The zero-order valence-electron chi connectivity index (χ0n) is 15.4. The molecule has 0 unspecified atom stereocenters. The summed E-state index contributed by atoms with van der Waals surface area (Å²) in [5.74, 6) is -0.0537. The largest absolute Gasteiger partial charge is 0.379 e. The van der Waals surface area contributed by atoms with E-state index in [4.69, 9.17) is 39.5 Å². The minimum atomic E-state index is -0.187. The van der Waals surface area contributed by atoms with Crippen LogP contribution in [0.2, 0.25) is 15.1 Å². The van der Waals surface area contributed by atoms with Gasteiger partial charge in [-0.1, -0.05) is 34.8 Å². The smallest absolute Gasteiger partial charge is 0.238 e. The molecule has 2 saturated heterocycles. The summed E-state index contributed by atoms with van der Waals surface area (Å²) in [7, 11) is 0. The summed E-state index contributed by atoms with van der Waals surface area (Å²) >= 11 is 18.0. The number of hydrogen-bond acceptors (Lipinski definition) is 5. The zero-order valence-corrected chi connectivity index (χ0v) is 17.7. The number of benzene rings is 1. The van der Waals surface area contributed by atoms with E-state index in [2.05, 4.69) is 10.2 Å². The number of morpholine rings is 1. The minimum absolute atomic E-state index is 0.133.